The van der Waals surface area contributed by atoms with Gasteiger partial charge in [0.25, 0.3) is 0 Å². The van der Waals surface area contributed by atoms with Crippen LogP contribution in [0, 0.1) is 0 Å². The Labute approximate surface area is 254 Å². The van der Waals surface area contributed by atoms with Crippen LogP contribution >= 0.6 is 0 Å². The van der Waals surface area contributed by atoms with Crippen LogP contribution in [0.3, 0.4) is 0 Å². The summed E-state index contributed by atoms with van der Waals surface area (Å²) >= 11 is 0. The molecule has 0 aliphatic heterocycles. The Morgan fingerprint density at radius 1 is 1.09 bits per heavy atom. The predicted molar refractivity (Wildman–Crippen MR) is 168 cm³/mol. The maximum absolute atomic E-state index is 13.7. The molecular weight excluding hydrogens is 573 g/mol. The number of aromatic nitrogens is 4. The monoisotopic (exact) mass is 610 g/mol. The van der Waals surface area contributed by atoms with Crippen LogP contribution in [0.5, 0.6) is 5.75 Å². The van der Waals surface area contributed by atoms with Crippen LogP contribution in [-0.2, 0) is 11.0 Å². The topological polar surface area (TPSA) is 100 Å². The molecule has 0 aliphatic carbocycles. The highest BCUT2D eigenvalue weighted by atomic mass is 19.4. The fraction of sp³-hybridized carbons (Fsp3) is 0.355. The van der Waals surface area contributed by atoms with Crippen LogP contribution in [0.4, 0.5) is 36.2 Å². The van der Waals surface area contributed by atoms with E-state index in [0.717, 1.165) is 12.2 Å². The SMILES string of the molecule is C=CC(=O)Nc1cc(Nc2nccc(-c3ccc4nc(C(F)(F)F)n(C(C)C)c4c3)n2)c(OCC)cc1N(C)CCN(C)C. The van der Waals surface area contributed by atoms with Crippen molar-refractivity contribution in [1.82, 2.24) is 24.4 Å². The maximum Gasteiger partial charge on any atom is 0.449 e. The minimum absolute atomic E-state index is 0.228. The number of carbonyl (C=O) groups is 1. The molecule has 1 amide bonds. The Balaban J connectivity index is 1.74. The van der Waals surface area contributed by atoms with E-state index in [-0.39, 0.29) is 17.4 Å². The standard InChI is InChI=1S/C31H37F3N8O2/c1-8-28(43)36-23-17-24(27(44-9-2)18-25(23)41(7)15-14-40(5)6)39-30-35-13-12-21(38-30)20-10-11-22-26(16-20)42(19(3)4)29(37-22)31(32,33)34/h8,10-13,16-19H,1,9,14-15H2,2-7H3,(H,36,43)(H,35,38,39). The highest BCUT2D eigenvalue weighted by Gasteiger charge is 2.38. The highest BCUT2D eigenvalue weighted by molar-refractivity contribution is 6.02. The van der Waals surface area contributed by atoms with Crippen molar-refractivity contribution in [3.63, 3.8) is 0 Å². The molecule has 10 nitrogen and oxygen atoms in total. The summed E-state index contributed by atoms with van der Waals surface area (Å²) in [6.45, 7) is 10.7. The first kappa shape index (κ1) is 32.3. The molecule has 0 saturated carbocycles. The number of likely N-dealkylation sites (N-methyl/N-ethyl adjacent to an activating group) is 2. The number of nitrogens with one attached hydrogen (secondary N) is 2. The van der Waals surface area contributed by atoms with Gasteiger partial charge in [-0.15, -0.1) is 0 Å². The number of hydrogen-bond donors (Lipinski definition) is 2. The second-order valence-electron chi connectivity index (χ2n) is 10.7. The van der Waals surface area contributed by atoms with Gasteiger partial charge in [0.15, 0.2) is 0 Å². The van der Waals surface area contributed by atoms with Gasteiger partial charge in [0.2, 0.25) is 17.7 Å². The van der Waals surface area contributed by atoms with Crippen molar-refractivity contribution in [3.05, 3.63) is 61.1 Å². The number of ether oxygens (including phenoxy) is 1. The average molecular weight is 611 g/mol. The summed E-state index contributed by atoms with van der Waals surface area (Å²) in [6, 6.07) is 9.68. The molecule has 0 radical (unpaired) electrons. The first-order valence-electron chi connectivity index (χ1n) is 14.1. The maximum atomic E-state index is 13.7. The third kappa shape index (κ3) is 7.28. The molecule has 0 bridgehead atoms. The quantitative estimate of drug-likeness (QED) is 0.179. The summed E-state index contributed by atoms with van der Waals surface area (Å²) in [4.78, 5) is 29.2. The first-order valence-corrected chi connectivity index (χ1v) is 14.1. The molecule has 4 aromatic rings. The summed E-state index contributed by atoms with van der Waals surface area (Å²) in [5, 5.41) is 6.06. The number of amides is 1. The lowest BCUT2D eigenvalue weighted by Crippen LogP contribution is -2.29. The summed E-state index contributed by atoms with van der Waals surface area (Å²) in [7, 11) is 5.90. The lowest BCUT2D eigenvalue weighted by molar-refractivity contribution is -0.147. The predicted octanol–water partition coefficient (Wildman–Crippen LogP) is 6.36. The summed E-state index contributed by atoms with van der Waals surface area (Å²) in [6.07, 6.45) is -1.84. The van der Waals surface area contributed by atoms with Gasteiger partial charge < -0.3 is 29.7 Å². The van der Waals surface area contributed by atoms with Crippen LogP contribution in [0.1, 0.15) is 32.6 Å². The Hall–Kier alpha value is -4.65. The van der Waals surface area contributed by atoms with Crippen LogP contribution in [0.2, 0.25) is 0 Å². The second kappa shape index (κ2) is 13.3. The molecule has 4 rings (SSSR count). The van der Waals surface area contributed by atoms with Crippen molar-refractivity contribution in [2.45, 2.75) is 33.0 Å². The Morgan fingerprint density at radius 2 is 1.84 bits per heavy atom. The fourth-order valence-electron chi connectivity index (χ4n) is 4.69. The van der Waals surface area contributed by atoms with Gasteiger partial charge in [-0.1, -0.05) is 12.6 Å². The fourth-order valence-corrected chi connectivity index (χ4v) is 4.69. The number of fused-ring (bicyclic) bond motifs is 1. The largest absolute Gasteiger partial charge is 0.492 e. The van der Waals surface area contributed by atoms with Crippen molar-refractivity contribution in [2.24, 2.45) is 0 Å². The summed E-state index contributed by atoms with van der Waals surface area (Å²) < 4.78 is 48.3. The van der Waals surface area contributed by atoms with Gasteiger partial charge >= 0.3 is 6.18 Å². The summed E-state index contributed by atoms with van der Waals surface area (Å²) in [5.41, 5.74) is 3.48. The molecule has 0 spiro atoms. The van der Waals surface area contributed by atoms with E-state index in [1.54, 1.807) is 50.4 Å². The molecule has 2 aromatic carbocycles. The molecule has 234 valence electrons. The minimum atomic E-state index is -4.59. The molecule has 0 saturated heterocycles. The Bertz CT molecular complexity index is 1650. The van der Waals surface area contributed by atoms with Crippen LogP contribution < -0.4 is 20.3 Å². The number of benzene rings is 2. The van der Waals surface area contributed by atoms with Gasteiger partial charge in [-0.2, -0.15) is 13.2 Å². The molecule has 0 aliphatic rings. The number of nitrogens with zero attached hydrogens (tertiary/aromatic N) is 6. The smallest absolute Gasteiger partial charge is 0.449 e. The summed E-state index contributed by atoms with van der Waals surface area (Å²) in [5.74, 6) is -0.563. The lowest BCUT2D eigenvalue weighted by atomic mass is 10.1. The zero-order valence-corrected chi connectivity index (χ0v) is 25.7. The number of halogens is 3. The number of carbonyl (C=O) groups excluding carboxylic acids is 1. The highest BCUT2D eigenvalue weighted by Crippen LogP contribution is 2.39. The van der Waals surface area contributed by atoms with E-state index in [0.29, 0.717) is 47.1 Å². The number of anilines is 4. The third-order valence-corrected chi connectivity index (χ3v) is 6.79. The van der Waals surface area contributed by atoms with Crippen molar-refractivity contribution in [2.75, 3.05) is 56.4 Å². The van der Waals surface area contributed by atoms with Crippen LogP contribution in [0.25, 0.3) is 22.3 Å². The molecule has 0 atom stereocenters. The van der Waals surface area contributed by atoms with Gasteiger partial charge in [-0.25, -0.2) is 15.0 Å². The van der Waals surface area contributed by atoms with Gasteiger partial charge in [0.05, 0.1) is 40.4 Å². The molecule has 2 heterocycles. The van der Waals surface area contributed by atoms with Crippen LogP contribution in [0.15, 0.2) is 55.3 Å². The normalized spacial score (nSPS) is 11.7. The van der Waals surface area contributed by atoms with Crippen molar-refractivity contribution in [3.8, 4) is 17.0 Å². The second-order valence-corrected chi connectivity index (χ2v) is 10.7. The number of imidazole rings is 1. The average Bonchev–Trinajstić information content (AvgIpc) is 3.37. The first-order chi connectivity index (χ1) is 20.8. The molecular formula is C31H37F3N8O2. The molecule has 13 heteroatoms. The van der Waals surface area contributed by atoms with Crippen LogP contribution in [-0.4, -0.2) is 71.2 Å². The molecule has 44 heavy (non-hydrogen) atoms. The van der Waals surface area contributed by atoms with E-state index in [4.69, 9.17) is 4.74 Å². The molecule has 0 unspecified atom stereocenters. The zero-order valence-electron chi connectivity index (χ0n) is 25.7. The molecule has 2 aromatic heterocycles. The Kier molecular flexibility index (Phi) is 9.78. The Morgan fingerprint density at radius 3 is 2.48 bits per heavy atom. The van der Waals surface area contributed by atoms with Crippen molar-refractivity contribution < 1.29 is 22.7 Å². The number of alkyl halides is 3. The molecule has 0 fully saturated rings. The number of hydrogen-bond acceptors (Lipinski definition) is 8. The molecule has 2 N–H and O–H groups in total. The zero-order chi connectivity index (χ0) is 32.2. The van der Waals surface area contributed by atoms with Gasteiger partial charge in [-0.05, 0) is 65.2 Å². The van der Waals surface area contributed by atoms with E-state index in [2.05, 4.69) is 37.1 Å². The number of rotatable bonds is 12. The van der Waals surface area contributed by atoms with Gasteiger partial charge in [-0.3, -0.25) is 4.79 Å². The minimum Gasteiger partial charge on any atom is -0.492 e. The van der Waals surface area contributed by atoms with E-state index in [9.17, 15) is 18.0 Å². The lowest BCUT2D eigenvalue weighted by Gasteiger charge is -2.26. The third-order valence-electron chi connectivity index (χ3n) is 6.79. The van der Waals surface area contributed by atoms with E-state index in [1.165, 1.54) is 10.6 Å². The van der Waals surface area contributed by atoms with E-state index in [1.807, 2.05) is 39.0 Å². The van der Waals surface area contributed by atoms with Gasteiger partial charge in [0, 0.05) is 44.0 Å². The van der Waals surface area contributed by atoms with Gasteiger partial charge in [0.1, 0.15) is 5.75 Å². The van der Waals surface area contributed by atoms with E-state index >= 15 is 0 Å². The van der Waals surface area contributed by atoms with E-state index < -0.39 is 18.0 Å². The van der Waals surface area contributed by atoms with Crippen molar-refractivity contribution >= 4 is 40.0 Å². The van der Waals surface area contributed by atoms with Crippen molar-refractivity contribution in [1.29, 1.82) is 0 Å².